The van der Waals surface area contributed by atoms with Crippen LogP contribution in [0.5, 0.6) is 0 Å². The summed E-state index contributed by atoms with van der Waals surface area (Å²) < 4.78 is 99.5. The van der Waals surface area contributed by atoms with Crippen LogP contribution in [0.15, 0.2) is 0 Å². The Morgan fingerprint density at radius 3 is 0.929 bits per heavy atom. The summed E-state index contributed by atoms with van der Waals surface area (Å²) in [5.41, 5.74) is 0. The monoisotopic (exact) mass is 294 g/mol. The summed E-state index contributed by atoms with van der Waals surface area (Å²) in [6.07, 6.45) is -6.74. The molecule has 0 unspecified atom stereocenters. The molecule has 0 atom stereocenters. The Bertz CT molecular complexity index is 186. The standard InChI is InChI=1S/C4AsF9/c5-3(10,11)1(6,7)2(8,9)4(12,13)14/q+1. The van der Waals surface area contributed by atoms with E-state index in [2.05, 4.69) is 0 Å². The Balaban J connectivity index is 5.30. The minimum atomic E-state index is -6.78. The van der Waals surface area contributed by atoms with Gasteiger partial charge in [0.2, 0.25) is 0 Å². The van der Waals surface area contributed by atoms with Gasteiger partial charge in [-0.2, -0.15) is 0 Å². The van der Waals surface area contributed by atoms with Crippen molar-refractivity contribution < 1.29 is 39.5 Å². The average Bonchev–Trinajstić information content (AvgIpc) is 1.81. The van der Waals surface area contributed by atoms with Crippen LogP contribution < -0.4 is 0 Å². The first kappa shape index (κ1) is 13.9. The van der Waals surface area contributed by atoms with Crippen LogP contribution in [-0.2, 0) is 0 Å². The first-order valence-corrected chi connectivity index (χ1v) is 3.61. The number of hydrogen-bond acceptors (Lipinski definition) is 0. The van der Waals surface area contributed by atoms with E-state index in [4.69, 9.17) is 0 Å². The number of rotatable bonds is 2. The molecule has 0 saturated heterocycles. The number of alkyl halides is 9. The third-order valence-electron chi connectivity index (χ3n) is 1.13. The van der Waals surface area contributed by atoms with Gasteiger partial charge in [0.25, 0.3) is 0 Å². The molecule has 3 radical (unpaired) electrons. The van der Waals surface area contributed by atoms with E-state index < -0.39 is 22.7 Å². The molecule has 0 nitrogen and oxygen atoms in total. The fourth-order valence-electron chi connectivity index (χ4n) is 0.367. The van der Waals surface area contributed by atoms with Crippen molar-refractivity contribution in [2.45, 2.75) is 22.7 Å². The molecule has 0 aromatic carbocycles. The fourth-order valence-corrected chi connectivity index (χ4v) is 0.661. The van der Waals surface area contributed by atoms with Gasteiger partial charge in [-0.25, -0.2) is 0 Å². The van der Waals surface area contributed by atoms with Gasteiger partial charge in [-0.1, -0.05) is 0 Å². The van der Waals surface area contributed by atoms with Crippen LogP contribution in [0.1, 0.15) is 0 Å². The molecule has 14 heavy (non-hydrogen) atoms. The molecule has 0 N–H and O–H groups in total. The van der Waals surface area contributed by atoms with Gasteiger partial charge in [0, 0.05) is 0 Å². The van der Waals surface area contributed by atoms with E-state index in [-0.39, 0.29) is 16.9 Å². The van der Waals surface area contributed by atoms with Gasteiger partial charge in [-0.15, -0.1) is 0 Å². The van der Waals surface area contributed by atoms with Crippen molar-refractivity contribution in [3.8, 4) is 0 Å². The zero-order valence-electron chi connectivity index (χ0n) is 5.85. The van der Waals surface area contributed by atoms with Gasteiger partial charge >= 0.3 is 79.1 Å². The predicted octanol–water partition coefficient (Wildman–Crippen LogP) is 2.58. The normalized spacial score (nSPS) is 15.9. The summed E-state index contributed by atoms with van der Waals surface area (Å²) in [7, 11) is 0. The van der Waals surface area contributed by atoms with Crippen LogP contribution >= 0.6 is 0 Å². The Morgan fingerprint density at radius 1 is 0.571 bits per heavy atom. The first-order valence-electron chi connectivity index (χ1n) is 2.67. The summed E-state index contributed by atoms with van der Waals surface area (Å²) in [5, 5.41) is 0. The number of halogens is 9. The molecule has 10 heteroatoms. The SMILES string of the molecule is FC(F)(F)C(F)(F)C(F)(F)C(F)(F)[As+]. The predicted molar refractivity (Wildman–Crippen MR) is 26.6 cm³/mol. The molecular weight excluding hydrogens is 294 g/mol. The Labute approximate surface area is 79.9 Å². The van der Waals surface area contributed by atoms with Crippen molar-refractivity contribution in [1.29, 1.82) is 0 Å². The third kappa shape index (κ3) is 1.96. The van der Waals surface area contributed by atoms with Gasteiger partial charge in [0.05, 0.1) is 0 Å². The maximum atomic E-state index is 12.0. The van der Waals surface area contributed by atoms with E-state index in [0.29, 0.717) is 0 Å². The van der Waals surface area contributed by atoms with Crippen LogP contribution in [-0.4, -0.2) is 39.6 Å². The molecular formula is C4AsF9+. The summed E-state index contributed by atoms with van der Waals surface area (Å²) in [5.74, 6) is -13.3. The summed E-state index contributed by atoms with van der Waals surface area (Å²) in [6, 6.07) is 0. The van der Waals surface area contributed by atoms with Crippen molar-refractivity contribution in [3.63, 3.8) is 0 Å². The number of hydrogen-bond donors (Lipinski definition) is 0. The van der Waals surface area contributed by atoms with E-state index in [0.717, 1.165) is 0 Å². The molecule has 0 aliphatic carbocycles. The molecule has 0 aromatic rings. The zero-order chi connectivity index (χ0) is 12.0. The Kier molecular flexibility index (Phi) is 3.20. The molecule has 0 amide bonds. The third-order valence-corrected chi connectivity index (χ3v) is 1.72. The molecule has 83 valence electrons. The molecule has 0 aromatic heterocycles. The second-order valence-corrected chi connectivity index (χ2v) is 3.37. The summed E-state index contributed by atoms with van der Waals surface area (Å²) in [6.45, 7) is 0. The van der Waals surface area contributed by atoms with Crippen molar-refractivity contribution in [2.24, 2.45) is 0 Å². The van der Waals surface area contributed by atoms with Crippen molar-refractivity contribution >= 4 is 16.9 Å². The fraction of sp³-hybridized carbons (Fsp3) is 1.00. The van der Waals surface area contributed by atoms with Crippen LogP contribution in [0.2, 0.25) is 0 Å². The Hall–Kier alpha value is -0.0716. The summed E-state index contributed by atoms with van der Waals surface area (Å²) >= 11 is -0.222. The molecule has 0 aliphatic rings. The Morgan fingerprint density at radius 2 is 0.857 bits per heavy atom. The summed E-state index contributed by atoms with van der Waals surface area (Å²) in [4.78, 5) is 0. The van der Waals surface area contributed by atoms with E-state index in [1.807, 2.05) is 0 Å². The molecule has 0 spiro atoms. The average molecular weight is 294 g/mol. The van der Waals surface area contributed by atoms with E-state index in [1.165, 1.54) is 0 Å². The molecule has 0 rings (SSSR count). The van der Waals surface area contributed by atoms with Gasteiger partial charge in [-0.05, 0) is 0 Å². The van der Waals surface area contributed by atoms with Crippen molar-refractivity contribution in [3.05, 3.63) is 0 Å². The quantitative estimate of drug-likeness (QED) is 0.542. The molecule has 0 fully saturated rings. The maximum absolute atomic E-state index is 12.0. The second kappa shape index (κ2) is 3.21. The molecule has 0 saturated carbocycles. The minimum absolute atomic E-state index is 0.222. The first-order chi connectivity index (χ1) is 5.75. The van der Waals surface area contributed by atoms with Crippen LogP contribution in [0.25, 0.3) is 0 Å². The van der Waals surface area contributed by atoms with Crippen LogP contribution in [0, 0.1) is 0 Å². The van der Waals surface area contributed by atoms with Gasteiger partial charge in [-0.3, -0.25) is 0 Å². The van der Waals surface area contributed by atoms with Gasteiger partial charge in [0.15, 0.2) is 0 Å². The van der Waals surface area contributed by atoms with Gasteiger partial charge in [0.1, 0.15) is 0 Å². The zero-order valence-corrected chi connectivity index (χ0v) is 7.73. The van der Waals surface area contributed by atoms with Crippen LogP contribution in [0.3, 0.4) is 0 Å². The van der Waals surface area contributed by atoms with Crippen molar-refractivity contribution in [1.82, 2.24) is 0 Å². The van der Waals surface area contributed by atoms with Gasteiger partial charge < -0.3 is 0 Å². The van der Waals surface area contributed by atoms with E-state index in [9.17, 15) is 39.5 Å². The molecule has 0 heterocycles. The van der Waals surface area contributed by atoms with Crippen molar-refractivity contribution in [2.75, 3.05) is 0 Å². The second-order valence-electron chi connectivity index (χ2n) is 2.19. The molecule has 0 aliphatic heterocycles. The van der Waals surface area contributed by atoms with E-state index >= 15 is 0 Å². The van der Waals surface area contributed by atoms with Crippen LogP contribution in [0.4, 0.5) is 39.5 Å². The van der Waals surface area contributed by atoms with E-state index in [1.54, 1.807) is 0 Å². The molecule has 0 bridgehead atoms. The topological polar surface area (TPSA) is 0 Å².